The van der Waals surface area contributed by atoms with Gasteiger partial charge in [-0.25, -0.2) is 0 Å². The van der Waals surface area contributed by atoms with Gasteiger partial charge in [0.2, 0.25) is 5.75 Å². The first kappa shape index (κ1) is 27.3. The Morgan fingerprint density at radius 1 is 0.810 bits per heavy atom. The highest BCUT2D eigenvalue weighted by molar-refractivity contribution is 6.32. The van der Waals surface area contributed by atoms with Crippen LogP contribution in [0.4, 0.5) is 5.69 Å². The van der Waals surface area contributed by atoms with Crippen molar-refractivity contribution in [3.05, 3.63) is 82.9 Å². The molecule has 0 amide bonds. The largest absolute Gasteiger partial charge is 0.493 e. The number of hydrogen-bond acceptors (Lipinski definition) is 9. The van der Waals surface area contributed by atoms with Crippen LogP contribution in [0.3, 0.4) is 0 Å². The van der Waals surface area contributed by atoms with E-state index in [9.17, 15) is 19.2 Å². The fourth-order valence-corrected chi connectivity index (χ4v) is 7.03. The third-order valence-electron chi connectivity index (χ3n) is 8.50. The Morgan fingerprint density at radius 2 is 1.43 bits per heavy atom. The maximum atomic E-state index is 14.7. The van der Waals surface area contributed by atoms with Crippen molar-refractivity contribution in [2.24, 2.45) is 5.41 Å². The minimum atomic E-state index is -1.72. The molecule has 0 radical (unpaired) electrons. The number of Topliss-reactive ketones (excluding diaryl/α,β-unsaturated/α-hetero) is 3. The third kappa shape index (κ3) is 3.55. The first-order valence-electron chi connectivity index (χ1n) is 13.5. The number of hydrogen-bond donors (Lipinski definition) is 0. The molecule has 1 unspecified atom stereocenters. The van der Waals surface area contributed by atoms with E-state index in [2.05, 4.69) is 0 Å². The second kappa shape index (κ2) is 9.87. The highest BCUT2D eigenvalue weighted by Gasteiger charge is 2.71. The van der Waals surface area contributed by atoms with Gasteiger partial charge in [0, 0.05) is 29.5 Å². The zero-order valence-corrected chi connectivity index (χ0v) is 23.8. The number of ether oxygens (including phenoxy) is 4. The van der Waals surface area contributed by atoms with Crippen LogP contribution in [0.15, 0.2) is 60.7 Å². The predicted octanol–water partition coefficient (Wildman–Crippen LogP) is 4.66. The van der Waals surface area contributed by atoms with Crippen LogP contribution in [0.2, 0.25) is 0 Å². The van der Waals surface area contributed by atoms with Crippen molar-refractivity contribution in [1.82, 2.24) is 0 Å². The summed E-state index contributed by atoms with van der Waals surface area (Å²) in [4.78, 5) is 57.1. The number of fused-ring (bicyclic) bond motifs is 5. The summed E-state index contributed by atoms with van der Waals surface area (Å²) in [6.45, 7) is 2.73. The normalized spacial score (nSPS) is 21.1. The van der Waals surface area contributed by atoms with Gasteiger partial charge in [-0.15, -0.1) is 0 Å². The van der Waals surface area contributed by atoms with Crippen molar-refractivity contribution < 1.29 is 38.1 Å². The molecule has 3 aromatic carbocycles. The number of benzene rings is 3. The number of methoxy groups -OCH3 is 3. The van der Waals surface area contributed by atoms with E-state index < -0.39 is 29.4 Å². The average molecular weight is 568 g/mol. The van der Waals surface area contributed by atoms with Gasteiger partial charge in [-0.1, -0.05) is 48.6 Å². The standard InChI is InChI=1S/C33H29NO8/c1-17(35)28-27(20-15-24(39-3)30(41-5)25(16-20)40-4)33(31(37)21-10-6-7-11-22(21)32(33)38)26-14-13-19-9-8-12-23(42-18(2)36)29(19)34(26)28/h6-16,26-28H,1-5H3/t26?,27-,28-/m0/s1. The number of carbonyl (C=O) groups is 4. The minimum absolute atomic E-state index is 0.233. The second-order valence-electron chi connectivity index (χ2n) is 10.6. The molecule has 2 heterocycles. The number of anilines is 1. The van der Waals surface area contributed by atoms with Gasteiger partial charge >= 0.3 is 5.97 Å². The lowest BCUT2D eigenvalue weighted by molar-refractivity contribution is -0.131. The molecule has 6 rings (SSSR count). The molecule has 3 aromatic rings. The second-order valence-corrected chi connectivity index (χ2v) is 10.6. The van der Waals surface area contributed by atoms with Crippen molar-refractivity contribution >= 4 is 35.1 Å². The number of carbonyl (C=O) groups excluding carboxylic acids is 4. The van der Waals surface area contributed by atoms with E-state index in [0.717, 1.165) is 0 Å². The van der Waals surface area contributed by atoms with Crippen LogP contribution in [-0.2, 0) is 9.59 Å². The molecule has 3 atom stereocenters. The van der Waals surface area contributed by atoms with E-state index in [-0.39, 0.29) is 23.1 Å². The lowest BCUT2D eigenvalue weighted by Gasteiger charge is -2.37. The van der Waals surface area contributed by atoms with Crippen LogP contribution in [0.25, 0.3) is 6.08 Å². The van der Waals surface area contributed by atoms with E-state index >= 15 is 0 Å². The van der Waals surface area contributed by atoms with E-state index in [1.807, 2.05) is 12.1 Å². The van der Waals surface area contributed by atoms with Gasteiger partial charge in [0.05, 0.1) is 39.1 Å². The molecule has 1 fully saturated rings. The smallest absolute Gasteiger partial charge is 0.308 e. The van der Waals surface area contributed by atoms with Crippen molar-refractivity contribution in [1.29, 1.82) is 0 Å². The Labute approximate surface area is 242 Å². The molecule has 0 bridgehead atoms. The van der Waals surface area contributed by atoms with Crippen molar-refractivity contribution in [2.45, 2.75) is 31.8 Å². The molecule has 0 aromatic heterocycles. The van der Waals surface area contributed by atoms with Crippen molar-refractivity contribution in [2.75, 3.05) is 26.2 Å². The summed E-state index contributed by atoms with van der Waals surface area (Å²) in [5.74, 6) is -1.32. The Hall–Kier alpha value is -4.92. The van der Waals surface area contributed by atoms with Gasteiger partial charge in [-0.2, -0.15) is 0 Å². The molecular formula is C33H29NO8. The van der Waals surface area contributed by atoms with E-state index in [4.69, 9.17) is 18.9 Å². The predicted molar refractivity (Wildman–Crippen MR) is 154 cm³/mol. The Kier molecular flexibility index (Phi) is 6.40. The number of esters is 1. The monoisotopic (exact) mass is 567 g/mol. The third-order valence-corrected chi connectivity index (χ3v) is 8.50. The summed E-state index contributed by atoms with van der Waals surface area (Å²) < 4.78 is 22.4. The minimum Gasteiger partial charge on any atom is -0.493 e. The van der Waals surface area contributed by atoms with E-state index in [1.165, 1.54) is 35.2 Å². The summed E-state index contributed by atoms with van der Waals surface area (Å²) >= 11 is 0. The zero-order valence-electron chi connectivity index (χ0n) is 23.8. The molecule has 0 N–H and O–H groups in total. The first-order valence-corrected chi connectivity index (χ1v) is 13.5. The summed E-state index contributed by atoms with van der Waals surface area (Å²) in [7, 11) is 4.43. The van der Waals surface area contributed by atoms with Gasteiger partial charge in [0.1, 0.15) is 5.41 Å². The van der Waals surface area contributed by atoms with Gasteiger partial charge in [-0.05, 0) is 30.7 Å². The van der Waals surface area contributed by atoms with Crippen molar-refractivity contribution in [3.8, 4) is 23.0 Å². The number of ketones is 3. The fourth-order valence-electron chi connectivity index (χ4n) is 7.03. The SMILES string of the molecule is COc1cc([C@H]2[C@H](C(C)=O)N3c4c(cccc4OC(C)=O)C=CC3C23C(=O)c2ccccc2C3=O)cc(OC)c1OC. The van der Waals surface area contributed by atoms with Gasteiger partial charge in [0.15, 0.2) is 34.6 Å². The van der Waals surface area contributed by atoms with Crippen LogP contribution in [0, 0.1) is 5.41 Å². The maximum Gasteiger partial charge on any atom is 0.308 e. The quantitative estimate of drug-likeness (QED) is 0.239. The molecule has 42 heavy (non-hydrogen) atoms. The van der Waals surface area contributed by atoms with Crippen LogP contribution in [-0.4, -0.2) is 56.7 Å². The van der Waals surface area contributed by atoms with Crippen LogP contribution in [0.1, 0.15) is 51.6 Å². The van der Waals surface area contributed by atoms with Gasteiger partial charge in [-0.3, -0.25) is 19.2 Å². The molecule has 1 aliphatic carbocycles. The zero-order chi connectivity index (χ0) is 29.9. The maximum absolute atomic E-state index is 14.7. The highest BCUT2D eigenvalue weighted by Crippen LogP contribution is 2.62. The van der Waals surface area contributed by atoms with E-state index in [0.29, 0.717) is 45.2 Å². The first-order chi connectivity index (χ1) is 20.2. The number of nitrogens with zero attached hydrogens (tertiary/aromatic N) is 1. The lowest BCUT2D eigenvalue weighted by Crippen LogP contribution is -2.48. The topological polar surface area (TPSA) is 108 Å². The Balaban J connectivity index is 1.70. The van der Waals surface area contributed by atoms with Crippen molar-refractivity contribution in [3.63, 3.8) is 0 Å². The number of para-hydroxylation sites is 1. The fraction of sp³-hybridized carbons (Fsp3) is 0.273. The molecule has 0 saturated carbocycles. The molecule has 1 spiro atoms. The number of rotatable bonds is 6. The molecule has 9 nitrogen and oxygen atoms in total. The molecule has 2 aliphatic heterocycles. The average Bonchev–Trinajstić information content (AvgIpc) is 3.42. The molecule has 3 aliphatic rings. The van der Waals surface area contributed by atoms with Crippen LogP contribution >= 0.6 is 0 Å². The Morgan fingerprint density at radius 3 is 1.95 bits per heavy atom. The summed E-state index contributed by atoms with van der Waals surface area (Å²) in [6, 6.07) is 13.5. The molecule has 9 heteroatoms. The van der Waals surface area contributed by atoms with Crippen LogP contribution < -0.4 is 23.8 Å². The van der Waals surface area contributed by atoms with E-state index in [1.54, 1.807) is 59.5 Å². The van der Waals surface area contributed by atoms with Gasteiger partial charge in [0.25, 0.3) is 0 Å². The summed E-state index contributed by atoms with van der Waals surface area (Å²) in [6.07, 6.45) is 3.61. The molecule has 1 saturated heterocycles. The molecule has 214 valence electrons. The Bertz CT molecular complexity index is 1650. The van der Waals surface area contributed by atoms with Gasteiger partial charge < -0.3 is 23.8 Å². The van der Waals surface area contributed by atoms with Crippen LogP contribution in [0.5, 0.6) is 23.0 Å². The molecular weight excluding hydrogens is 538 g/mol. The lowest BCUT2D eigenvalue weighted by atomic mass is 9.64. The highest BCUT2D eigenvalue weighted by atomic mass is 16.5. The summed E-state index contributed by atoms with van der Waals surface area (Å²) in [5.41, 5.74) is 0.530. The summed E-state index contributed by atoms with van der Waals surface area (Å²) in [5, 5.41) is 0.